The summed E-state index contributed by atoms with van der Waals surface area (Å²) in [6.07, 6.45) is 0.0933. The van der Waals surface area contributed by atoms with Crippen molar-refractivity contribution < 1.29 is 4.74 Å². The molecule has 3 rings (SSSR count). The van der Waals surface area contributed by atoms with Gasteiger partial charge in [-0.05, 0) is 49.6 Å². The number of benzene rings is 2. The van der Waals surface area contributed by atoms with Gasteiger partial charge in [0.15, 0.2) is 0 Å². The van der Waals surface area contributed by atoms with Gasteiger partial charge in [-0.3, -0.25) is 0 Å². The third-order valence-corrected chi connectivity index (χ3v) is 3.65. The second-order valence-corrected chi connectivity index (χ2v) is 5.35. The molecule has 2 nitrogen and oxygen atoms in total. The Hall–Kier alpha value is -1.96. The van der Waals surface area contributed by atoms with Crippen molar-refractivity contribution in [3.8, 4) is 5.75 Å². The lowest BCUT2D eigenvalue weighted by atomic mass is 10.00. The van der Waals surface area contributed by atoms with Gasteiger partial charge in [-0.25, -0.2) is 0 Å². The van der Waals surface area contributed by atoms with Gasteiger partial charge in [-0.2, -0.15) is 0 Å². The molecule has 0 spiro atoms. The zero-order valence-electron chi connectivity index (χ0n) is 11.7. The van der Waals surface area contributed by atoms with E-state index in [1.54, 1.807) is 0 Å². The number of aryl methyl sites for hydroxylation is 3. The lowest BCUT2D eigenvalue weighted by Gasteiger charge is -2.29. The molecule has 0 bridgehead atoms. The molecule has 2 aromatic carbocycles. The minimum absolute atomic E-state index is 0.0933. The van der Waals surface area contributed by atoms with E-state index in [1.165, 1.54) is 22.3 Å². The van der Waals surface area contributed by atoms with Crippen LogP contribution >= 0.6 is 0 Å². The molecule has 0 amide bonds. The van der Waals surface area contributed by atoms with E-state index in [0.717, 1.165) is 18.0 Å². The molecule has 1 unspecified atom stereocenters. The van der Waals surface area contributed by atoms with Crippen LogP contribution in [0.3, 0.4) is 0 Å². The van der Waals surface area contributed by atoms with Gasteiger partial charge in [0.2, 0.25) is 0 Å². The van der Waals surface area contributed by atoms with Crippen LogP contribution < -0.4 is 10.1 Å². The van der Waals surface area contributed by atoms with Gasteiger partial charge in [-0.15, -0.1) is 0 Å². The van der Waals surface area contributed by atoms with Gasteiger partial charge >= 0.3 is 0 Å². The first-order valence-corrected chi connectivity index (χ1v) is 6.72. The van der Waals surface area contributed by atoms with Gasteiger partial charge in [-0.1, -0.05) is 29.8 Å². The van der Waals surface area contributed by atoms with Crippen LogP contribution in [0.25, 0.3) is 0 Å². The summed E-state index contributed by atoms with van der Waals surface area (Å²) in [5.74, 6) is 0.946. The highest BCUT2D eigenvalue weighted by molar-refractivity contribution is 5.60. The molecule has 1 aliphatic rings. The lowest BCUT2D eigenvalue weighted by molar-refractivity contribution is 0.209. The van der Waals surface area contributed by atoms with Crippen LogP contribution in [0.15, 0.2) is 36.4 Å². The normalized spacial score (nSPS) is 17.3. The maximum absolute atomic E-state index is 6.13. The summed E-state index contributed by atoms with van der Waals surface area (Å²) >= 11 is 0. The Morgan fingerprint density at radius 1 is 1.00 bits per heavy atom. The van der Waals surface area contributed by atoms with Crippen LogP contribution in [0, 0.1) is 20.8 Å². The highest BCUT2D eigenvalue weighted by Crippen LogP contribution is 2.35. The number of anilines is 1. The molecule has 98 valence electrons. The fourth-order valence-corrected chi connectivity index (χ4v) is 2.64. The molecule has 0 saturated heterocycles. The van der Waals surface area contributed by atoms with Gasteiger partial charge in [0.1, 0.15) is 11.9 Å². The van der Waals surface area contributed by atoms with Gasteiger partial charge < -0.3 is 10.1 Å². The lowest BCUT2D eigenvalue weighted by Crippen LogP contribution is -2.24. The first kappa shape index (κ1) is 12.1. The van der Waals surface area contributed by atoms with Crippen LogP contribution in [0.5, 0.6) is 5.75 Å². The smallest absolute Gasteiger partial charge is 0.143 e. The van der Waals surface area contributed by atoms with E-state index in [4.69, 9.17) is 4.74 Å². The van der Waals surface area contributed by atoms with Crippen LogP contribution in [0.2, 0.25) is 0 Å². The van der Waals surface area contributed by atoms with Crippen LogP contribution in [-0.4, -0.2) is 6.54 Å². The SMILES string of the molecule is Cc1ccc(C2CNc3cc(C)ccc3O2)c(C)c1. The summed E-state index contributed by atoms with van der Waals surface area (Å²) in [5, 5.41) is 3.47. The Morgan fingerprint density at radius 3 is 2.53 bits per heavy atom. The van der Waals surface area contributed by atoms with E-state index in [1.807, 2.05) is 6.07 Å². The molecule has 0 fully saturated rings. The Labute approximate surface area is 114 Å². The van der Waals surface area contributed by atoms with Crippen LogP contribution in [0.1, 0.15) is 28.4 Å². The molecule has 0 radical (unpaired) electrons. The zero-order valence-corrected chi connectivity index (χ0v) is 11.7. The van der Waals surface area contributed by atoms with Crippen molar-refractivity contribution in [3.05, 3.63) is 58.7 Å². The molecule has 1 atom stereocenters. The molecule has 2 heteroatoms. The third kappa shape index (κ3) is 2.30. The summed E-state index contributed by atoms with van der Waals surface area (Å²) in [6.45, 7) is 7.18. The molecule has 19 heavy (non-hydrogen) atoms. The minimum atomic E-state index is 0.0933. The van der Waals surface area contributed by atoms with E-state index in [0.29, 0.717) is 0 Å². The van der Waals surface area contributed by atoms with E-state index >= 15 is 0 Å². The average Bonchev–Trinajstić information content (AvgIpc) is 2.38. The Kier molecular flexibility index (Phi) is 2.94. The predicted octanol–water partition coefficient (Wildman–Crippen LogP) is 4.16. The number of nitrogens with one attached hydrogen (secondary N) is 1. The van der Waals surface area contributed by atoms with E-state index in [-0.39, 0.29) is 6.10 Å². The maximum Gasteiger partial charge on any atom is 0.143 e. The third-order valence-electron chi connectivity index (χ3n) is 3.65. The van der Waals surface area contributed by atoms with E-state index in [9.17, 15) is 0 Å². The zero-order chi connectivity index (χ0) is 13.4. The van der Waals surface area contributed by atoms with Gasteiger partial charge in [0.25, 0.3) is 0 Å². The van der Waals surface area contributed by atoms with Crippen molar-refractivity contribution >= 4 is 5.69 Å². The molecule has 0 aliphatic carbocycles. The number of hydrogen-bond acceptors (Lipinski definition) is 2. The number of ether oxygens (including phenoxy) is 1. The van der Waals surface area contributed by atoms with Crippen molar-refractivity contribution in [3.63, 3.8) is 0 Å². The summed E-state index contributed by atoms with van der Waals surface area (Å²) in [4.78, 5) is 0. The quantitative estimate of drug-likeness (QED) is 0.824. The Morgan fingerprint density at radius 2 is 1.74 bits per heavy atom. The summed E-state index contributed by atoms with van der Waals surface area (Å²) in [6, 6.07) is 12.8. The van der Waals surface area contributed by atoms with Crippen molar-refractivity contribution in [2.45, 2.75) is 26.9 Å². The molecule has 1 aliphatic heterocycles. The summed E-state index contributed by atoms with van der Waals surface area (Å²) in [5.41, 5.74) is 6.20. The Balaban J connectivity index is 1.91. The first-order chi connectivity index (χ1) is 9.13. The van der Waals surface area contributed by atoms with Gasteiger partial charge in [0.05, 0.1) is 12.2 Å². The van der Waals surface area contributed by atoms with Crippen molar-refractivity contribution in [1.82, 2.24) is 0 Å². The minimum Gasteiger partial charge on any atom is -0.482 e. The summed E-state index contributed by atoms with van der Waals surface area (Å²) in [7, 11) is 0. The fraction of sp³-hybridized carbons (Fsp3) is 0.294. The highest BCUT2D eigenvalue weighted by Gasteiger charge is 2.22. The van der Waals surface area contributed by atoms with Crippen molar-refractivity contribution in [2.75, 3.05) is 11.9 Å². The maximum atomic E-state index is 6.13. The van der Waals surface area contributed by atoms with E-state index in [2.05, 4.69) is 56.4 Å². The second-order valence-electron chi connectivity index (χ2n) is 5.35. The summed E-state index contributed by atoms with van der Waals surface area (Å²) < 4.78 is 6.13. The molecule has 0 aromatic heterocycles. The van der Waals surface area contributed by atoms with E-state index < -0.39 is 0 Å². The van der Waals surface area contributed by atoms with Crippen LogP contribution in [-0.2, 0) is 0 Å². The van der Waals surface area contributed by atoms with Crippen molar-refractivity contribution in [2.24, 2.45) is 0 Å². The van der Waals surface area contributed by atoms with Crippen LogP contribution in [0.4, 0.5) is 5.69 Å². The largest absolute Gasteiger partial charge is 0.482 e. The Bertz CT molecular complexity index is 619. The molecule has 0 saturated carbocycles. The topological polar surface area (TPSA) is 21.3 Å². The molecular weight excluding hydrogens is 234 g/mol. The monoisotopic (exact) mass is 253 g/mol. The second kappa shape index (κ2) is 4.61. The number of hydrogen-bond donors (Lipinski definition) is 1. The number of rotatable bonds is 1. The van der Waals surface area contributed by atoms with Gasteiger partial charge in [0, 0.05) is 0 Å². The predicted molar refractivity (Wildman–Crippen MR) is 79.0 cm³/mol. The number of fused-ring (bicyclic) bond motifs is 1. The molecule has 2 aromatic rings. The first-order valence-electron chi connectivity index (χ1n) is 6.72. The molecule has 1 N–H and O–H groups in total. The van der Waals surface area contributed by atoms with Crippen molar-refractivity contribution in [1.29, 1.82) is 0 Å². The molecular formula is C17H19NO. The fourth-order valence-electron chi connectivity index (χ4n) is 2.64. The highest BCUT2D eigenvalue weighted by atomic mass is 16.5. The standard InChI is InChI=1S/C17H19NO/c1-11-4-6-14(13(3)8-11)17-10-18-15-9-12(2)5-7-16(15)19-17/h4-9,17-18H,10H2,1-3H3. The molecule has 1 heterocycles. The average molecular weight is 253 g/mol.